The molecule has 0 heterocycles. The molecule has 4 amide bonds. The fourth-order valence-corrected chi connectivity index (χ4v) is 5.46. The molecule has 68 heavy (non-hydrogen) atoms. The number of hydrogen-bond donors (Lipinski definition) is 6. The molecule has 388 valence electrons. The van der Waals surface area contributed by atoms with Crippen molar-refractivity contribution in [1.82, 2.24) is 21.3 Å². The molecule has 23 heteroatoms. The van der Waals surface area contributed by atoms with Crippen molar-refractivity contribution >= 4 is 65.6 Å². The van der Waals surface area contributed by atoms with Gasteiger partial charge in [0.25, 0.3) is 0 Å². The van der Waals surface area contributed by atoms with Crippen molar-refractivity contribution in [1.29, 1.82) is 0 Å². The van der Waals surface area contributed by atoms with Crippen molar-refractivity contribution in [3.8, 4) is 0 Å². The molecule has 0 aliphatic carbocycles. The molecule has 0 radical (unpaired) electrons. The van der Waals surface area contributed by atoms with E-state index >= 15 is 0 Å². The SMILES string of the molecule is CC(C)(C)OC(=O)CC[C@H](NC(=O)[C@H](CCC(=O)OC(C)(C)C)NC(=O)[C@H](CCC(=O)OC(C)(C)C)NC(=O)[C@H](CCC(=O)OC(C)(C)C)NC(=O)[C@@H](N)CC(=O)OC(=O)OC(C)(C)C)C(=O)O. The fourth-order valence-electron chi connectivity index (χ4n) is 5.46. The van der Waals surface area contributed by atoms with Gasteiger partial charge in [0.15, 0.2) is 0 Å². The summed E-state index contributed by atoms with van der Waals surface area (Å²) >= 11 is 0. The highest BCUT2D eigenvalue weighted by Crippen LogP contribution is 2.16. The summed E-state index contributed by atoms with van der Waals surface area (Å²) in [5.74, 6) is -10.4. The lowest BCUT2D eigenvalue weighted by Gasteiger charge is -2.27. The Labute approximate surface area is 398 Å². The summed E-state index contributed by atoms with van der Waals surface area (Å²) in [7, 11) is 0. The van der Waals surface area contributed by atoms with Crippen molar-refractivity contribution in [2.75, 3.05) is 0 Å². The Balaban J connectivity index is 6.93. The largest absolute Gasteiger partial charge is 0.516 e. The van der Waals surface area contributed by atoms with E-state index in [2.05, 4.69) is 26.0 Å². The summed E-state index contributed by atoms with van der Waals surface area (Å²) in [4.78, 5) is 143. The molecule has 0 bridgehead atoms. The van der Waals surface area contributed by atoms with E-state index < -0.39 is 182 Å². The normalized spacial score (nSPS) is 14.2. The highest BCUT2D eigenvalue weighted by Gasteiger charge is 2.35. The molecular formula is C45H75N5O18. The van der Waals surface area contributed by atoms with Crippen molar-refractivity contribution in [2.24, 2.45) is 5.73 Å². The molecule has 0 unspecified atom stereocenters. The predicted octanol–water partition coefficient (Wildman–Crippen LogP) is 2.69. The molecule has 0 saturated heterocycles. The lowest BCUT2D eigenvalue weighted by Crippen LogP contribution is -2.58. The summed E-state index contributed by atoms with van der Waals surface area (Å²) in [6.45, 7) is 23.7. The Morgan fingerprint density at radius 2 is 0.647 bits per heavy atom. The number of nitrogens with two attached hydrogens (primary N) is 1. The number of esters is 5. The first-order chi connectivity index (χ1) is 30.6. The standard InChI is InChI=1S/C45H75N5O18/c1-41(2,3)64-30(51)20-16-26(47-35(56)25(46)24-34(55)63-40(62)68-45(13,14)15)36(57)48-27(17-21-31(52)65-42(4,5)6)37(58)49-28(18-22-32(53)66-43(7,8)9)38(59)50-29(39(60)61)19-23-33(54)67-44(10,11)12/h25-29H,16-24,46H2,1-15H3,(H,47,56)(H,48,57)(H,49,58)(H,50,59)(H,60,61)/t25-,26-,27-,28-,29-/m0/s1. The van der Waals surface area contributed by atoms with Gasteiger partial charge in [-0.2, -0.15) is 0 Å². The highest BCUT2D eigenvalue weighted by atomic mass is 16.7. The van der Waals surface area contributed by atoms with Crippen molar-refractivity contribution < 1.29 is 86.3 Å². The summed E-state index contributed by atoms with van der Waals surface area (Å²) in [6.07, 6.45) is -5.98. The molecule has 0 aromatic heterocycles. The smallest absolute Gasteiger partial charge is 0.480 e. The minimum absolute atomic E-state index is 0.422. The van der Waals surface area contributed by atoms with E-state index in [-0.39, 0.29) is 0 Å². The van der Waals surface area contributed by atoms with E-state index in [1.807, 2.05) is 0 Å². The van der Waals surface area contributed by atoms with Gasteiger partial charge < -0.3 is 60.5 Å². The van der Waals surface area contributed by atoms with Gasteiger partial charge in [-0.25, -0.2) is 9.59 Å². The zero-order chi connectivity index (χ0) is 53.2. The molecule has 0 aliphatic heterocycles. The zero-order valence-electron chi connectivity index (χ0n) is 42.2. The van der Waals surface area contributed by atoms with Crippen LogP contribution in [-0.2, 0) is 76.4 Å². The lowest BCUT2D eigenvalue weighted by atomic mass is 10.0. The second-order valence-electron chi connectivity index (χ2n) is 20.8. The van der Waals surface area contributed by atoms with Crippen LogP contribution in [0.15, 0.2) is 0 Å². The number of amides is 4. The Bertz CT molecular complexity index is 1810. The monoisotopic (exact) mass is 974 g/mol. The molecule has 23 nitrogen and oxygen atoms in total. The van der Waals surface area contributed by atoms with E-state index in [0.29, 0.717) is 0 Å². The Hall–Kier alpha value is -5.87. The van der Waals surface area contributed by atoms with Crippen LogP contribution < -0.4 is 27.0 Å². The zero-order valence-corrected chi connectivity index (χ0v) is 42.2. The summed E-state index contributed by atoms with van der Waals surface area (Å²) in [5.41, 5.74) is 1.16. The van der Waals surface area contributed by atoms with Gasteiger partial charge in [0.05, 0.1) is 12.5 Å². The number of carboxylic acids is 1. The van der Waals surface area contributed by atoms with E-state index in [1.54, 1.807) is 83.1 Å². The maximum absolute atomic E-state index is 14.2. The maximum atomic E-state index is 14.2. The molecule has 7 N–H and O–H groups in total. The van der Waals surface area contributed by atoms with Crippen molar-refractivity contribution in [2.45, 2.75) is 220 Å². The molecule has 5 atom stereocenters. The van der Waals surface area contributed by atoms with E-state index in [1.165, 1.54) is 20.8 Å². The molecular weight excluding hydrogens is 899 g/mol. The van der Waals surface area contributed by atoms with E-state index in [9.17, 15) is 57.8 Å². The van der Waals surface area contributed by atoms with Crippen LogP contribution in [0.1, 0.15) is 162 Å². The van der Waals surface area contributed by atoms with Crippen molar-refractivity contribution in [3.05, 3.63) is 0 Å². The second-order valence-corrected chi connectivity index (χ2v) is 20.8. The third kappa shape index (κ3) is 30.4. The van der Waals surface area contributed by atoms with Crippen LogP contribution in [0.5, 0.6) is 0 Å². The number of carbonyl (C=O) groups excluding carboxylic acids is 10. The molecule has 0 fully saturated rings. The van der Waals surface area contributed by atoms with Gasteiger partial charge in [-0.3, -0.25) is 43.2 Å². The molecule has 0 saturated carbocycles. The van der Waals surface area contributed by atoms with Gasteiger partial charge in [-0.15, -0.1) is 0 Å². The van der Waals surface area contributed by atoms with Crippen molar-refractivity contribution in [3.63, 3.8) is 0 Å². The number of carbonyl (C=O) groups is 11. The number of hydrogen-bond acceptors (Lipinski definition) is 18. The number of carboxylic acid groups (broad SMARTS) is 1. The number of aliphatic carboxylic acids is 1. The van der Waals surface area contributed by atoms with Crippen LogP contribution in [0.25, 0.3) is 0 Å². The molecule has 0 rings (SSSR count). The Morgan fingerprint density at radius 3 is 0.912 bits per heavy atom. The highest BCUT2D eigenvalue weighted by molar-refractivity contribution is 5.96. The fraction of sp³-hybridized carbons (Fsp3) is 0.756. The van der Waals surface area contributed by atoms with Gasteiger partial charge in [-0.1, -0.05) is 0 Å². The third-order valence-electron chi connectivity index (χ3n) is 8.05. The minimum atomic E-state index is -1.73. The van der Waals surface area contributed by atoms with Crippen LogP contribution in [0.3, 0.4) is 0 Å². The molecule has 0 aliphatic rings. The molecule has 0 spiro atoms. The summed E-state index contributed by atoms with van der Waals surface area (Å²) in [5, 5.41) is 19.3. The van der Waals surface area contributed by atoms with Gasteiger partial charge in [0.1, 0.15) is 52.2 Å². The minimum Gasteiger partial charge on any atom is -0.480 e. The molecule has 0 aromatic rings. The number of ether oxygens (including phenoxy) is 6. The average Bonchev–Trinajstić information content (AvgIpc) is 3.10. The Kier molecular flexibility index (Phi) is 24.3. The van der Waals surface area contributed by atoms with Gasteiger partial charge in [0.2, 0.25) is 23.6 Å². The van der Waals surface area contributed by atoms with Crippen LogP contribution in [0, 0.1) is 0 Å². The van der Waals surface area contributed by atoms with Crippen LogP contribution in [0.2, 0.25) is 0 Å². The lowest BCUT2D eigenvalue weighted by molar-refractivity contribution is -0.157. The van der Waals surface area contributed by atoms with E-state index in [0.717, 1.165) is 0 Å². The number of nitrogens with one attached hydrogen (secondary N) is 4. The first-order valence-electron chi connectivity index (χ1n) is 22.2. The third-order valence-corrected chi connectivity index (χ3v) is 8.05. The first kappa shape index (κ1) is 62.1. The average molecular weight is 974 g/mol. The Morgan fingerprint density at radius 1 is 0.397 bits per heavy atom. The molecule has 0 aromatic carbocycles. The summed E-state index contributed by atoms with van der Waals surface area (Å²) in [6, 6.07) is -8.52. The van der Waals surface area contributed by atoms with Gasteiger partial charge in [0, 0.05) is 25.7 Å². The maximum Gasteiger partial charge on any atom is 0.516 e. The van der Waals surface area contributed by atoms with Crippen LogP contribution >= 0.6 is 0 Å². The van der Waals surface area contributed by atoms with Gasteiger partial charge in [-0.05, 0) is 130 Å². The topological polar surface area (TPSA) is 338 Å². The van der Waals surface area contributed by atoms with Gasteiger partial charge >= 0.3 is 42.0 Å². The first-order valence-corrected chi connectivity index (χ1v) is 22.2. The predicted molar refractivity (Wildman–Crippen MR) is 241 cm³/mol. The number of rotatable bonds is 23. The van der Waals surface area contributed by atoms with Crippen LogP contribution in [-0.4, -0.2) is 129 Å². The summed E-state index contributed by atoms with van der Waals surface area (Å²) < 4.78 is 30.8. The van der Waals surface area contributed by atoms with Crippen LogP contribution in [0.4, 0.5) is 4.79 Å². The second kappa shape index (κ2) is 26.6. The van der Waals surface area contributed by atoms with E-state index in [4.69, 9.17) is 29.4 Å². The quantitative estimate of drug-likeness (QED) is 0.0487.